The Balaban J connectivity index is 2.15. The number of carbonyl (C=O) groups is 2. The van der Waals surface area contributed by atoms with E-state index in [2.05, 4.69) is 19.2 Å². The molecule has 1 heterocycles. The van der Waals surface area contributed by atoms with E-state index in [0.717, 1.165) is 12.8 Å². The lowest BCUT2D eigenvalue weighted by Gasteiger charge is -2.29. The number of halogens is 1. The van der Waals surface area contributed by atoms with E-state index in [-0.39, 0.29) is 17.4 Å². The van der Waals surface area contributed by atoms with Crippen LogP contribution in [0, 0.1) is 5.92 Å². The molecule has 1 fully saturated rings. The van der Waals surface area contributed by atoms with Crippen molar-refractivity contribution in [2.45, 2.75) is 45.0 Å². The number of ether oxygens (including phenoxy) is 1. The summed E-state index contributed by atoms with van der Waals surface area (Å²) in [6, 6.07) is 6.13. The highest BCUT2D eigenvalue weighted by Crippen LogP contribution is 2.34. The summed E-state index contributed by atoms with van der Waals surface area (Å²) in [6.07, 6.45) is 1.58. The van der Waals surface area contributed by atoms with Crippen molar-refractivity contribution in [1.82, 2.24) is 4.90 Å². The molecule has 0 aromatic heterocycles. The zero-order valence-corrected chi connectivity index (χ0v) is 16.4. The topological polar surface area (TPSA) is 58.6 Å². The summed E-state index contributed by atoms with van der Waals surface area (Å²) in [6.45, 7) is 6.53. The summed E-state index contributed by atoms with van der Waals surface area (Å²) in [7, 11) is 0. The van der Waals surface area contributed by atoms with E-state index in [4.69, 9.17) is 16.3 Å². The highest BCUT2D eigenvalue weighted by Gasteiger charge is 2.42. The molecular formula is C18H25ClN2O3S. The van der Waals surface area contributed by atoms with Gasteiger partial charge in [-0.25, -0.2) is 9.59 Å². The van der Waals surface area contributed by atoms with Crippen LogP contribution in [-0.4, -0.2) is 40.7 Å². The minimum Gasteiger partial charge on any atom is -0.464 e. The summed E-state index contributed by atoms with van der Waals surface area (Å²) in [5.41, 5.74) is 0.610. The summed E-state index contributed by atoms with van der Waals surface area (Å²) in [4.78, 5) is 26.9. The van der Waals surface area contributed by atoms with Crippen LogP contribution in [0.3, 0.4) is 0 Å². The number of hydrogen-bond acceptors (Lipinski definition) is 4. The summed E-state index contributed by atoms with van der Waals surface area (Å²) < 4.78 is 5.28. The molecule has 2 atom stereocenters. The van der Waals surface area contributed by atoms with Crippen molar-refractivity contribution in [3.63, 3.8) is 0 Å². The van der Waals surface area contributed by atoms with Crippen molar-refractivity contribution in [3.8, 4) is 0 Å². The number of benzene rings is 1. The molecule has 0 radical (unpaired) electrons. The standard InChI is InChI=1S/C18H25ClN2O3S/c1-4-8-24-17(22)15-11-25-16(9-12(2)3)21(15)18(23)20-14-7-5-6-13(19)10-14/h5-7,10,12,15-16H,4,8-9,11H2,1-3H3,(H,20,23). The van der Waals surface area contributed by atoms with Gasteiger partial charge in [0.05, 0.1) is 12.0 Å². The second-order valence-electron chi connectivity index (χ2n) is 6.45. The second-order valence-corrected chi connectivity index (χ2v) is 8.10. The van der Waals surface area contributed by atoms with Crippen LogP contribution < -0.4 is 5.32 Å². The summed E-state index contributed by atoms with van der Waals surface area (Å²) in [5.74, 6) is 0.648. The molecular weight excluding hydrogens is 360 g/mol. The Bertz CT molecular complexity index is 612. The molecule has 0 spiro atoms. The van der Waals surface area contributed by atoms with Gasteiger partial charge in [-0.15, -0.1) is 11.8 Å². The van der Waals surface area contributed by atoms with Crippen LogP contribution >= 0.6 is 23.4 Å². The molecule has 5 nitrogen and oxygen atoms in total. The fraction of sp³-hybridized carbons (Fsp3) is 0.556. The highest BCUT2D eigenvalue weighted by molar-refractivity contribution is 8.00. The Labute approximate surface area is 158 Å². The lowest BCUT2D eigenvalue weighted by Crippen LogP contribution is -2.48. The van der Waals surface area contributed by atoms with E-state index >= 15 is 0 Å². The molecule has 2 amide bonds. The summed E-state index contributed by atoms with van der Waals surface area (Å²) in [5, 5.41) is 3.35. The van der Waals surface area contributed by atoms with Gasteiger partial charge in [-0.3, -0.25) is 4.90 Å². The molecule has 1 aromatic carbocycles. The maximum atomic E-state index is 12.9. The zero-order chi connectivity index (χ0) is 18.4. The molecule has 138 valence electrons. The van der Waals surface area contributed by atoms with Crippen molar-refractivity contribution in [1.29, 1.82) is 0 Å². The molecule has 0 bridgehead atoms. The molecule has 1 aliphatic heterocycles. The molecule has 2 unspecified atom stereocenters. The number of nitrogens with zero attached hydrogens (tertiary/aromatic N) is 1. The van der Waals surface area contributed by atoms with Crippen molar-refractivity contribution >= 4 is 41.1 Å². The van der Waals surface area contributed by atoms with Crippen molar-refractivity contribution < 1.29 is 14.3 Å². The largest absolute Gasteiger partial charge is 0.464 e. The molecule has 2 rings (SSSR count). The monoisotopic (exact) mass is 384 g/mol. The van der Waals surface area contributed by atoms with E-state index in [1.807, 2.05) is 6.92 Å². The van der Waals surface area contributed by atoms with Gasteiger partial charge in [0.25, 0.3) is 0 Å². The van der Waals surface area contributed by atoms with Crippen LogP contribution in [0.1, 0.15) is 33.6 Å². The maximum Gasteiger partial charge on any atom is 0.329 e. The van der Waals surface area contributed by atoms with Crippen LogP contribution in [0.4, 0.5) is 10.5 Å². The van der Waals surface area contributed by atoms with E-state index < -0.39 is 6.04 Å². The van der Waals surface area contributed by atoms with Gasteiger partial charge < -0.3 is 10.1 Å². The summed E-state index contributed by atoms with van der Waals surface area (Å²) >= 11 is 7.61. The lowest BCUT2D eigenvalue weighted by atomic mass is 10.1. The number of rotatable bonds is 6. The van der Waals surface area contributed by atoms with Gasteiger partial charge in [0.1, 0.15) is 6.04 Å². The molecule has 1 N–H and O–H groups in total. The molecule has 1 aromatic rings. The van der Waals surface area contributed by atoms with Crippen molar-refractivity contribution in [3.05, 3.63) is 29.3 Å². The Morgan fingerprint density at radius 2 is 2.20 bits per heavy atom. The van der Waals surface area contributed by atoms with Gasteiger partial charge in [0, 0.05) is 16.5 Å². The first kappa shape index (κ1) is 19.9. The van der Waals surface area contributed by atoms with Crippen LogP contribution in [0.2, 0.25) is 5.02 Å². The quantitative estimate of drug-likeness (QED) is 0.727. The Morgan fingerprint density at radius 3 is 2.84 bits per heavy atom. The number of anilines is 1. The first-order valence-corrected chi connectivity index (χ1v) is 9.98. The van der Waals surface area contributed by atoms with E-state index in [0.29, 0.717) is 29.0 Å². The van der Waals surface area contributed by atoms with Crippen LogP contribution in [0.25, 0.3) is 0 Å². The predicted octanol–water partition coefficient (Wildman–Crippen LogP) is 4.61. The van der Waals surface area contributed by atoms with Gasteiger partial charge in [0.15, 0.2) is 0 Å². The minimum atomic E-state index is -0.556. The van der Waals surface area contributed by atoms with Gasteiger partial charge in [-0.1, -0.05) is 38.4 Å². The molecule has 1 aliphatic rings. The van der Waals surface area contributed by atoms with E-state index in [9.17, 15) is 9.59 Å². The third-order valence-corrected chi connectivity index (χ3v) is 5.34. The van der Waals surface area contributed by atoms with E-state index in [1.54, 1.807) is 40.9 Å². The molecule has 0 saturated carbocycles. The second kappa shape index (κ2) is 9.34. The Kier molecular flexibility index (Phi) is 7.44. The zero-order valence-electron chi connectivity index (χ0n) is 14.8. The van der Waals surface area contributed by atoms with Gasteiger partial charge >= 0.3 is 12.0 Å². The number of thioether (sulfide) groups is 1. The van der Waals surface area contributed by atoms with Gasteiger partial charge in [-0.05, 0) is 37.0 Å². The third-order valence-electron chi connectivity index (χ3n) is 3.80. The minimum absolute atomic E-state index is 0.0432. The fourth-order valence-corrected chi connectivity index (χ4v) is 4.47. The number of amides is 2. The number of hydrogen-bond donors (Lipinski definition) is 1. The molecule has 7 heteroatoms. The van der Waals surface area contributed by atoms with Gasteiger partial charge in [-0.2, -0.15) is 0 Å². The third kappa shape index (κ3) is 5.54. The van der Waals surface area contributed by atoms with Crippen molar-refractivity contribution in [2.24, 2.45) is 5.92 Å². The smallest absolute Gasteiger partial charge is 0.329 e. The average molecular weight is 385 g/mol. The van der Waals surface area contributed by atoms with Crippen LogP contribution in [0.15, 0.2) is 24.3 Å². The number of carbonyl (C=O) groups excluding carboxylic acids is 2. The molecule has 0 aliphatic carbocycles. The van der Waals surface area contributed by atoms with Crippen LogP contribution in [0.5, 0.6) is 0 Å². The number of nitrogens with one attached hydrogen (secondary N) is 1. The number of urea groups is 1. The highest BCUT2D eigenvalue weighted by atomic mass is 35.5. The SMILES string of the molecule is CCCOC(=O)C1CSC(CC(C)C)N1C(=O)Nc1cccc(Cl)c1. The number of esters is 1. The first-order chi connectivity index (χ1) is 11.9. The van der Waals surface area contributed by atoms with Crippen molar-refractivity contribution in [2.75, 3.05) is 17.7 Å². The predicted molar refractivity (Wildman–Crippen MR) is 103 cm³/mol. The van der Waals surface area contributed by atoms with E-state index in [1.165, 1.54) is 0 Å². The fourth-order valence-electron chi connectivity index (χ4n) is 2.66. The Morgan fingerprint density at radius 1 is 1.44 bits per heavy atom. The van der Waals surface area contributed by atoms with Crippen LogP contribution in [-0.2, 0) is 9.53 Å². The van der Waals surface area contributed by atoms with Gasteiger partial charge in [0.2, 0.25) is 0 Å². The maximum absolute atomic E-state index is 12.9. The average Bonchev–Trinajstić information content (AvgIpc) is 2.95. The molecule has 25 heavy (non-hydrogen) atoms. The lowest BCUT2D eigenvalue weighted by molar-refractivity contribution is -0.147. The normalized spacial score (nSPS) is 20.0. The molecule has 1 saturated heterocycles. The Hall–Kier alpha value is -1.40. The first-order valence-electron chi connectivity index (χ1n) is 8.55.